The molecule has 0 saturated carbocycles. The maximum Gasteiger partial charge on any atom is 0.338 e. The van der Waals surface area contributed by atoms with Crippen molar-refractivity contribution in [3.63, 3.8) is 0 Å². The number of benzene rings is 3. The highest BCUT2D eigenvalue weighted by Crippen LogP contribution is 2.33. The minimum Gasteiger partial charge on any atom is -0.508 e. The van der Waals surface area contributed by atoms with Crippen LogP contribution >= 0.6 is 0 Å². The average Bonchev–Trinajstić information content (AvgIpc) is 2.68. The Labute approximate surface area is 166 Å². The van der Waals surface area contributed by atoms with E-state index < -0.39 is 11.9 Å². The number of amides is 1. The Balaban J connectivity index is 2.13. The fourth-order valence-electron chi connectivity index (χ4n) is 2.77. The van der Waals surface area contributed by atoms with Crippen molar-refractivity contribution in [2.24, 2.45) is 5.73 Å². The van der Waals surface area contributed by atoms with Crippen LogP contribution in [0.5, 0.6) is 11.5 Å². The third-order valence-corrected chi connectivity index (χ3v) is 4.08. The molecule has 0 unspecified atom stereocenters. The molecule has 0 aliphatic heterocycles. The lowest BCUT2D eigenvalue weighted by Gasteiger charge is -2.17. The van der Waals surface area contributed by atoms with Crippen molar-refractivity contribution in [2.45, 2.75) is 0 Å². The molecule has 0 aliphatic carbocycles. The van der Waals surface area contributed by atoms with Crippen LogP contribution in [0.2, 0.25) is 0 Å². The van der Waals surface area contributed by atoms with E-state index in [1.807, 2.05) is 0 Å². The van der Waals surface area contributed by atoms with E-state index in [0.29, 0.717) is 22.7 Å². The topological polar surface area (TPSA) is 134 Å². The van der Waals surface area contributed by atoms with Crippen LogP contribution < -0.4 is 16.4 Å². The van der Waals surface area contributed by atoms with Crippen molar-refractivity contribution in [3.8, 4) is 11.5 Å². The molecule has 0 fully saturated rings. The molecular weight excluding hydrogens is 374 g/mol. The van der Waals surface area contributed by atoms with E-state index in [1.54, 1.807) is 24.3 Å². The van der Waals surface area contributed by atoms with Crippen molar-refractivity contribution in [1.82, 2.24) is 0 Å². The maximum atomic E-state index is 12.2. The number of esters is 1. The fraction of sp³-hybridized carbons (Fsp3) is 0.0476. The van der Waals surface area contributed by atoms with Crippen LogP contribution in [0.25, 0.3) is 0 Å². The fourth-order valence-corrected chi connectivity index (χ4v) is 2.77. The summed E-state index contributed by atoms with van der Waals surface area (Å²) in [6, 6.07) is 15.6. The second kappa shape index (κ2) is 8.22. The molecule has 0 bridgehead atoms. The normalized spacial score (nSPS) is 10.2. The van der Waals surface area contributed by atoms with E-state index >= 15 is 0 Å². The number of carbonyl (C=O) groups excluding carboxylic acids is 2. The Morgan fingerprint density at radius 1 is 0.828 bits per heavy atom. The third-order valence-electron chi connectivity index (χ3n) is 4.08. The highest BCUT2D eigenvalue weighted by Gasteiger charge is 2.20. The van der Waals surface area contributed by atoms with Gasteiger partial charge < -0.3 is 31.3 Å². The number of nitrogens with two attached hydrogens (primary N) is 1. The van der Waals surface area contributed by atoms with E-state index in [4.69, 9.17) is 10.5 Å². The predicted molar refractivity (Wildman–Crippen MR) is 109 cm³/mol. The number of phenols is 2. The minimum absolute atomic E-state index is 0.0101. The Bertz CT molecular complexity index is 1080. The monoisotopic (exact) mass is 393 g/mol. The predicted octanol–water partition coefficient (Wildman–Crippen LogP) is 3.47. The summed E-state index contributed by atoms with van der Waals surface area (Å²) in [5.41, 5.74) is 7.34. The molecule has 3 rings (SSSR count). The van der Waals surface area contributed by atoms with E-state index in [2.05, 4.69) is 10.6 Å². The molecule has 0 aliphatic rings. The van der Waals surface area contributed by atoms with Gasteiger partial charge in [0.1, 0.15) is 11.5 Å². The summed E-state index contributed by atoms with van der Waals surface area (Å²) in [6.07, 6.45) is 0. The number of hydrogen-bond acceptors (Lipinski definition) is 7. The maximum absolute atomic E-state index is 12.2. The van der Waals surface area contributed by atoms with Crippen molar-refractivity contribution < 1.29 is 24.5 Å². The molecule has 0 aromatic heterocycles. The number of methoxy groups -OCH3 is 1. The summed E-state index contributed by atoms with van der Waals surface area (Å²) in [7, 11) is 1.20. The molecule has 0 spiro atoms. The summed E-state index contributed by atoms with van der Waals surface area (Å²) >= 11 is 0. The first-order valence-electron chi connectivity index (χ1n) is 8.55. The summed E-state index contributed by atoms with van der Waals surface area (Å²) in [4.78, 5) is 24.1. The summed E-state index contributed by atoms with van der Waals surface area (Å²) in [6.45, 7) is 0. The molecular formula is C21H19N3O5. The van der Waals surface area contributed by atoms with Gasteiger partial charge in [0.2, 0.25) is 5.91 Å². The summed E-state index contributed by atoms with van der Waals surface area (Å²) < 4.78 is 4.76. The molecule has 29 heavy (non-hydrogen) atoms. The zero-order valence-electron chi connectivity index (χ0n) is 15.5. The molecule has 1 amide bonds. The molecule has 148 valence electrons. The van der Waals surface area contributed by atoms with Crippen LogP contribution in [0.15, 0.2) is 60.7 Å². The van der Waals surface area contributed by atoms with Crippen molar-refractivity contribution in [1.29, 1.82) is 0 Å². The van der Waals surface area contributed by atoms with Gasteiger partial charge in [0.05, 0.1) is 29.6 Å². The standard InChI is InChI=1S/C21H19N3O5/c1-29-21(28)17-11-19(24-13-5-3-7-15(26)9-13)18(10-16(17)20(22)27)23-12-4-2-6-14(25)8-12/h2-11,23-26H,1H3,(H2,22,27). The molecule has 0 radical (unpaired) electrons. The third kappa shape index (κ3) is 4.56. The Morgan fingerprint density at radius 2 is 1.31 bits per heavy atom. The van der Waals surface area contributed by atoms with Crippen LogP contribution in [-0.2, 0) is 4.74 Å². The van der Waals surface area contributed by atoms with Gasteiger partial charge in [-0.05, 0) is 36.4 Å². The lowest BCUT2D eigenvalue weighted by Crippen LogP contribution is -2.18. The number of phenolic OH excluding ortho intramolecular Hbond substituents is 2. The molecule has 0 heterocycles. The van der Waals surface area contributed by atoms with E-state index in [9.17, 15) is 19.8 Å². The SMILES string of the molecule is COC(=O)c1cc(Nc2cccc(O)c2)c(Nc2cccc(O)c2)cc1C(N)=O. The number of primary amides is 1. The lowest BCUT2D eigenvalue weighted by molar-refractivity contribution is 0.0597. The van der Waals surface area contributed by atoms with Gasteiger partial charge in [-0.15, -0.1) is 0 Å². The largest absolute Gasteiger partial charge is 0.508 e. The van der Waals surface area contributed by atoms with Crippen LogP contribution in [0.1, 0.15) is 20.7 Å². The van der Waals surface area contributed by atoms with Crippen LogP contribution in [0.3, 0.4) is 0 Å². The first-order chi connectivity index (χ1) is 13.9. The summed E-state index contributed by atoms with van der Waals surface area (Å²) in [5.74, 6) is -1.41. The van der Waals surface area contributed by atoms with Crippen molar-refractivity contribution in [2.75, 3.05) is 17.7 Å². The van der Waals surface area contributed by atoms with Gasteiger partial charge in [-0.25, -0.2) is 4.79 Å². The number of hydrogen-bond donors (Lipinski definition) is 5. The van der Waals surface area contributed by atoms with E-state index in [0.717, 1.165) is 0 Å². The molecule has 0 atom stereocenters. The highest BCUT2D eigenvalue weighted by molar-refractivity contribution is 6.07. The Hall–Kier alpha value is -4.20. The smallest absolute Gasteiger partial charge is 0.338 e. The van der Waals surface area contributed by atoms with Gasteiger partial charge in [-0.2, -0.15) is 0 Å². The van der Waals surface area contributed by atoms with E-state index in [-0.39, 0.29) is 22.6 Å². The molecule has 6 N–H and O–H groups in total. The van der Waals surface area contributed by atoms with Gasteiger partial charge >= 0.3 is 5.97 Å². The minimum atomic E-state index is -0.798. The lowest BCUT2D eigenvalue weighted by atomic mass is 10.0. The number of carbonyl (C=O) groups is 2. The van der Waals surface area contributed by atoms with Crippen LogP contribution in [-0.4, -0.2) is 29.2 Å². The first kappa shape index (κ1) is 19.6. The van der Waals surface area contributed by atoms with Crippen molar-refractivity contribution in [3.05, 3.63) is 71.8 Å². The van der Waals surface area contributed by atoms with Gasteiger partial charge in [0, 0.05) is 23.5 Å². The Morgan fingerprint density at radius 3 is 1.72 bits per heavy atom. The number of rotatable bonds is 6. The second-order valence-electron chi connectivity index (χ2n) is 6.15. The van der Waals surface area contributed by atoms with E-state index in [1.165, 1.54) is 43.5 Å². The molecule has 3 aromatic carbocycles. The zero-order valence-corrected chi connectivity index (χ0v) is 15.5. The number of nitrogens with one attached hydrogen (secondary N) is 2. The zero-order chi connectivity index (χ0) is 21.0. The second-order valence-corrected chi connectivity index (χ2v) is 6.15. The quantitative estimate of drug-likeness (QED) is 0.405. The molecule has 3 aromatic rings. The first-order valence-corrected chi connectivity index (χ1v) is 8.55. The number of anilines is 4. The molecule has 8 nitrogen and oxygen atoms in total. The van der Waals surface area contributed by atoms with Crippen molar-refractivity contribution >= 4 is 34.6 Å². The number of aromatic hydroxyl groups is 2. The van der Waals surface area contributed by atoms with Gasteiger partial charge in [0.15, 0.2) is 0 Å². The molecule has 0 saturated heterocycles. The van der Waals surface area contributed by atoms with Crippen LogP contribution in [0.4, 0.5) is 22.7 Å². The Kier molecular flexibility index (Phi) is 5.54. The average molecular weight is 393 g/mol. The van der Waals surface area contributed by atoms with Crippen LogP contribution in [0, 0.1) is 0 Å². The highest BCUT2D eigenvalue weighted by atomic mass is 16.5. The summed E-state index contributed by atoms with van der Waals surface area (Å²) in [5, 5.41) is 25.6. The van der Waals surface area contributed by atoms with Gasteiger partial charge in [-0.1, -0.05) is 12.1 Å². The number of ether oxygens (including phenoxy) is 1. The van der Waals surface area contributed by atoms with Gasteiger partial charge in [0.25, 0.3) is 0 Å². The molecule has 8 heteroatoms. The van der Waals surface area contributed by atoms with Gasteiger partial charge in [-0.3, -0.25) is 4.79 Å².